The van der Waals surface area contributed by atoms with Crippen molar-refractivity contribution in [1.82, 2.24) is 15.2 Å². The molecule has 2 aliphatic rings. The van der Waals surface area contributed by atoms with Gasteiger partial charge in [0.05, 0.1) is 6.04 Å². The number of hydrogen-bond acceptors (Lipinski definition) is 9. The molecule has 0 radical (unpaired) electrons. The number of oxime groups is 1. The molecular weight excluding hydrogens is 378 g/mol. The van der Waals surface area contributed by atoms with Crippen LogP contribution in [0.2, 0.25) is 0 Å². The van der Waals surface area contributed by atoms with Gasteiger partial charge in [0.25, 0.3) is 5.91 Å². The number of allylic oxidation sites excluding steroid dienone is 1. The number of hydrogen-bond donors (Lipinski definition) is 4. The lowest BCUT2D eigenvalue weighted by molar-refractivity contribution is -0.134. The van der Waals surface area contributed by atoms with Gasteiger partial charge in [-0.05, 0) is 5.57 Å². The number of aromatic nitrogens is 1. The van der Waals surface area contributed by atoms with Gasteiger partial charge in [0, 0.05) is 16.8 Å². The number of carboxylic acid groups (broad SMARTS) is 1. The summed E-state index contributed by atoms with van der Waals surface area (Å²) in [5.41, 5.74) is 6.56. The molecule has 0 spiro atoms. The molecule has 0 aromatic carbocycles. The molecule has 0 aliphatic carbocycles. The van der Waals surface area contributed by atoms with Gasteiger partial charge in [-0.1, -0.05) is 24.4 Å². The van der Waals surface area contributed by atoms with Crippen LogP contribution in [0.4, 0.5) is 5.13 Å². The third-order valence-electron chi connectivity index (χ3n) is 3.98. The quantitative estimate of drug-likeness (QED) is 0.327. The summed E-state index contributed by atoms with van der Waals surface area (Å²) in [6.45, 7) is 7.52. The van der Waals surface area contributed by atoms with Crippen LogP contribution >= 0.6 is 23.1 Å². The Balaban J connectivity index is 1.78. The third kappa shape index (κ3) is 2.84. The highest BCUT2D eigenvalue weighted by Gasteiger charge is 2.50. The smallest absolute Gasteiger partial charge is 0.352 e. The number of nitrogens with zero attached hydrogens (tertiary/aromatic N) is 3. The molecule has 1 amide bonds. The first-order valence-corrected chi connectivity index (χ1v) is 9.24. The van der Waals surface area contributed by atoms with Crippen LogP contribution in [0.15, 0.2) is 46.7 Å². The minimum Gasteiger partial charge on any atom is -0.477 e. The molecule has 136 valence electrons. The average molecular weight is 393 g/mol. The van der Waals surface area contributed by atoms with E-state index in [1.54, 1.807) is 4.90 Å². The van der Waals surface area contributed by atoms with Crippen molar-refractivity contribution in [2.45, 2.75) is 11.4 Å². The molecule has 0 bridgehead atoms. The van der Waals surface area contributed by atoms with Gasteiger partial charge < -0.3 is 26.3 Å². The van der Waals surface area contributed by atoms with Crippen LogP contribution in [0.25, 0.3) is 0 Å². The number of fused-ring (bicyclic) bond motifs is 1. The number of thiazole rings is 1. The number of anilines is 1. The Hall–Kier alpha value is -2.79. The van der Waals surface area contributed by atoms with E-state index >= 15 is 0 Å². The number of rotatable bonds is 5. The molecular formula is C15H15N5O4S2. The zero-order valence-corrected chi connectivity index (χ0v) is 15.0. The van der Waals surface area contributed by atoms with Crippen LogP contribution in [-0.2, 0) is 9.59 Å². The number of thioether (sulfide) groups is 1. The van der Waals surface area contributed by atoms with E-state index in [2.05, 4.69) is 28.6 Å². The highest BCUT2D eigenvalue weighted by Crippen LogP contribution is 2.45. The maximum absolute atomic E-state index is 12.5. The van der Waals surface area contributed by atoms with Crippen molar-refractivity contribution in [3.8, 4) is 0 Å². The Kier molecular flexibility index (Phi) is 4.74. The molecule has 2 atom stereocenters. The van der Waals surface area contributed by atoms with E-state index in [1.807, 2.05) is 0 Å². The number of carboxylic acids is 1. The molecule has 11 heteroatoms. The highest BCUT2D eigenvalue weighted by atomic mass is 32.2. The second-order valence-electron chi connectivity index (χ2n) is 5.42. The van der Waals surface area contributed by atoms with Gasteiger partial charge in [-0.3, -0.25) is 4.79 Å². The van der Waals surface area contributed by atoms with Crippen molar-refractivity contribution in [2.75, 3.05) is 11.5 Å². The minimum absolute atomic E-state index is 0.113. The third-order valence-corrected chi connectivity index (χ3v) is 5.95. The Labute approximate surface area is 156 Å². The summed E-state index contributed by atoms with van der Waals surface area (Å²) in [7, 11) is 0. The molecule has 5 N–H and O–H groups in total. The minimum atomic E-state index is -1.08. The zero-order valence-electron chi connectivity index (χ0n) is 13.4. The van der Waals surface area contributed by atoms with Crippen LogP contribution in [0, 0.1) is 0 Å². The number of nitrogens with one attached hydrogen (secondary N) is 1. The fourth-order valence-corrected chi connectivity index (χ4v) is 4.71. The monoisotopic (exact) mass is 393 g/mol. The lowest BCUT2D eigenvalue weighted by Gasteiger charge is -2.53. The normalized spacial score (nSPS) is 22.5. The second-order valence-corrected chi connectivity index (χ2v) is 7.41. The number of nitrogen functional groups attached to an aromatic ring is 1. The van der Waals surface area contributed by atoms with Gasteiger partial charge in [-0.2, -0.15) is 0 Å². The standard InChI is InChI=1S/C15H15N5O4S2/c1-3-7-4-25-13-9(6(2)20(13)11(7)14(22)23)18-12(21)10(19-24)8-5-26-15(16)17-8/h3,5,9,13,24H,1-2,4H2,(H2,16,17)(H,18,21)(H,22,23)/b19-10-. The molecule has 2 aliphatic heterocycles. The molecule has 9 nitrogen and oxygen atoms in total. The average Bonchev–Trinajstić information content (AvgIpc) is 3.04. The topological polar surface area (TPSA) is 141 Å². The van der Waals surface area contributed by atoms with Crippen LogP contribution < -0.4 is 11.1 Å². The SMILES string of the molecule is C=CC1=C(C(=O)O)N2C(=C)C(NC(=O)/C(=N\O)c3csc(N)n3)C2SC1. The van der Waals surface area contributed by atoms with Gasteiger partial charge in [0.2, 0.25) is 0 Å². The number of carbonyl (C=O) groups excluding carboxylic acids is 1. The van der Waals surface area contributed by atoms with Crippen molar-refractivity contribution >= 4 is 45.8 Å². The van der Waals surface area contributed by atoms with E-state index in [0.717, 1.165) is 11.3 Å². The summed E-state index contributed by atoms with van der Waals surface area (Å²) in [5.74, 6) is -1.28. The van der Waals surface area contributed by atoms with Crippen molar-refractivity contribution in [2.24, 2.45) is 5.16 Å². The maximum Gasteiger partial charge on any atom is 0.352 e. The van der Waals surface area contributed by atoms with Crippen LogP contribution in [0.1, 0.15) is 5.69 Å². The summed E-state index contributed by atoms with van der Waals surface area (Å²) < 4.78 is 0. The van der Waals surface area contributed by atoms with Crippen molar-refractivity contribution in [1.29, 1.82) is 0 Å². The van der Waals surface area contributed by atoms with Gasteiger partial charge in [-0.25, -0.2) is 9.78 Å². The summed E-state index contributed by atoms with van der Waals surface area (Å²) in [6, 6.07) is -0.499. The van der Waals surface area contributed by atoms with Gasteiger partial charge in [0.15, 0.2) is 10.8 Å². The van der Waals surface area contributed by atoms with E-state index in [0.29, 0.717) is 17.0 Å². The summed E-state index contributed by atoms with van der Waals surface area (Å²) in [6.07, 6.45) is 1.51. The van der Waals surface area contributed by atoms with Crippen molar-refractivity contribution in [3.05, 3.63) is 47.3 Å². The van der Waals surface area contributed by atoms with E-state index in [4.69, 9.17) is 10.9 Å². The van der Waals surface area contributed by atoms with E-state index < -0.39 is 17.9 Å². The predicted molar refractivity (Wildman–Crippen MR) is 98.9 cm³/mol. The molecule has 3 rings (SSSR count). The largest absolute Gasteiger partial charge is 0.477 e. The van der Waals surface area contributed by atoms with Crippen molar-refractivity contribution in [3.63, 3.8) is 0 Å². The molecule has 26 heavy (non-hydrogen) atoms. The van der Waals surface area contributed by atoms with E-state index in [9.17, 15) is 14.7 Å². The predicted octanol–water partition coefficient (Wildman–Crippen LogP) is 0.815. The summed E-state index contributed by atoms with van der Waals surface area (Å²) in [4.78, 5) is 29.5. The molecule has 3 heterocycles. The molecule has 1 aromatic rings. The number of carbonyl (C=O) groups is 2. The van der Waals surface area contributed by atoms with E-state index in [-0.39, 0.29) is 27.6 Å². The zero-order chi connectivity index (χ0) is 19.0. The Morgan fingerprint density at radius 1 is 1.54 bits per heavy atom. The first kappa shape index (κ1) is 18.0. The molecule has 1 fully saturated rings. The summed E-state index contributed by atoms with van der Waals surface area (Å²) in [5, 5.41) is 25.8. The molecule has 1 saturated heterocycles. The fourth-order valence-electron chi connectivity index (χ4n) is 2.75. The fraction of sp³-hybridized carbons (Fsp3) is 0.200. The lowest BCUT2D eigenvalue weighted by Crippen LogP contribution is -2.65. The molecule has 1 aromatic heterocycles. The number of aliphatic carboxylic acids is 1. The first-order valence-electron chi connectivity index (χ1n) is 7.31. The number of amides is 1. The highest BCUT2D eigenvalue weighted by molar-refractivity contribution is 8.00. The first-order chi connectivity index (χ1) is 12.4. The van der Waals surface area contributed by atoms with E-state index in [1.165, 1.54) is 23.2 Å². The molecule has 0 saturated carbocycles. The van der Waals surface area contributed by atoms with Gasteiger partial charge in [0.1, 0.15) is 16.8 Å². The Morgan fingerprint density at radius 3 is 2.81 bits per heavy atom. The van der Waals surface area contributed by atoms with Gasteiger partial charge >= 0.3 is 5.97 Å². The summed E-state index contributed by atoms with van der Waals surface area (Å²) >= 11 is 2.58. The van der Waals surface area contributed by atoms with Gasteiger partial charge in [-0.15, -0.1) is 23.1 Å². The Morgan fingerprint density at radius 2 is 2.27 bits per heavy atom. The van der Waals surface area contributed by atoms with Crippen LogP contribution in [0.5, 0.6) is 0 Å². The second kappa shape index (κ2) is 6.84. The Bertz CT molecular complexity index is 875. The van der Waals surface area contributed by atoms with Crippen molar-refractivity contribution < 1.29 is 19.9 Å². The number of nitrogens with two attached hydrogens (primary N) is 1. The van der Waals surface area contributed by atoms with Crippen LogP contribution in [0.3, 0.4) is 0 Å². The maximum atomic E-state index is 12.5. The molecule has 2 unspecified atom stereocenters. The van der Waals surface area contributed by atoms with Crippen LogP contribution in [-0.4, -0.2) is 55.0 Å². The lowest BCUT2D eigenvalue weighted by atomic mass is 9.99.